The normalized spacial score (nSPS) is 22.8. The highest BCUT2D eigenvalue weighted by Gasteiger charge is 2.25. The fraction of sp³-hybridized carbons (Fsp3) is 0.519. The predicted octanol–water partition coefficient (Wildman–Crippen LogP) is 3.78. The predicted molar refractivity (Wildman–Crippen MR) is 136 cm³/mol. The van der Waals surface area contributed by atoms with E-state index in [1.807, 2.05) is 24.4 Å². The van der Waals surface area contributed by atoms with Gasteiger partial charge in [0.05, 0.1) is 37.1 Å². The molecule has 0 bridgehead atoms. The molecule has 2 saturated heterocycles. The molecule has 0 spiro atoms. The summed E-state index contributed by atoms with van der Waals surface area (Å²) >= 11 is 0. The largest absolute Gasteiger partial charge is 0.389 e. The van der Waals surface area contributed by atoms with Crippen LogP contribution in [0.4, 0.5) is 10.3 Å². The molecule has 3 atom stereocenters. The van der Waals surface area contributed by atoms with Gasteiger partial charge in [-0.05, 0) is 48.4 Å². The van der Waals surface area contributed by atoms with Crippen LogP contribution in [0.25, 0.3) is 22.2 Å². The van der Waals surface area contributed by atoms with E-state index in [1.54, 1.807) is 0 Å². The minimum Gasteiger partial charge on any atom is -0.389 e. The zero-order chi connectivity index (χ0) is 25.1. The Hall–Kier alpha value is -2.72. The van der Waals surface area contributed by atoms with Crippen molar-refractivity contribution in [2.45, 2.75) is 63.8 Å². The highest BCUT2D eigenvalue weighted by molar-refractivity contribution is 5.88. The van der Waals surface area contributed by atoms with Crippen LogP contribution in [0.2, 0.25) is 0 Å². The van der Waals surface area contributed by atoms with Crippen molar-refractivity contribution in [1.82, 2.24) is 20.3 Å². The maximum Gasteiger partial charge on any atom is 0.223 e. The molecular weight excluding hydrogens is 461 g/mol. The second-order valence-corrected chi connectivity index (χ2v) is 9.95. The number of halogens is 1. The Morgan fingerprint density at radius 2 is 1.97 bits per heavy atom. The molecule has 0 radical (unpaired) electrons. The van der Waals surface area contributed by atoms with Crippen molar-refractivity contribution < 1.29 is 19.0 Å². The molecule has 2 aliphatic rings. The number of ether oxygens (including phenoxy) is 2. The van der Waals surface area contributed by atoms with Gasteiger partial charge in [-0.25, -0.2) is 14.4 Å². The van der Waals surface area contributed by atoms with E-state index in [1.165, 1.54) is 11.8 Å². The van der Waals surface area contributed by atoms with Crippen LogP contribution in [0, 0.1) is 5.82 Å². The summed E-state index contributed by atoms with van der Waals surface area (Å²) in [5.41, 5.74) is 4.08. The maximum absolute atomic E-state index is 14.9. The number of benzene rings is 1. The number of pyridine rings is 1. The standard InChI is InChI=1S/C27H34FN5O3/c1-16(2)25-18(11-29-19-4-3-8-35-14-19)12-30-22-6-5-17(10-20(22)25)26-21(28)13-31-27(33-26)32-23-7-9-36-15-24(23)34/h5-6,10,12-13,16,19,23-24,29,34H,3-4,7-9,11,14-15H2,1-2H3,(H,31,32,33)/t19-,23-,24-/m1/s1. The number of rotatable bonds is 7. The van der Waals surface area contributed by atoms with Crippen molar-refractivity contribution in [1.29, 1.82) is 0 Å². The summed E-state index contributed by atoms with van der Waals surface area (Å²) in [6, 6.07) is 5.84. The molecule has 4 heterocycles. The zero-order valence-corrected chi connectivity index (χ0v) is 20.8. The molecule has 3 aromatic rings. The molecule has 36 heavy (non-hydrogen) atoms. The van der Waals surface area contributed by atoms with Gasteiger partial charge in [0.15, 0.2) is 5.82 Å². The maximum atomic E-state index is 14.9. The molecule has 192 valence electrons. The molecule has 0 amide bonds. The van der Waals surface area contributed by atoms with E-state index in [9.17, 15) is 9.50 Å². The third kappa shape index (κ3) is 5.49. The summed E-state index contributed by atoms with van der Waals surface area (Å²) in [7, 11) is 0. The summed E-state index contributed by atoms with van der Waals surface area (Å²) in [6.07, 6.45) is 5.26. The van der Waals surface area contributed by atoms with E-state index in [0.29, 0.717) is 31.2 Å². The van der Waals surface area contributed by atoms with Crippen molar-refractivity contribution in [3.8, 4) is 11.3 Å². The number of aliphatic hydroxyl groups is 1. The Bertz CT molecular complexity index is 1200. The monoisotopic (exact) mass is 495 g/mol. The zero-order valence-electron chi connectivity index (χ0n) is 20.8. The van der Waals surface area contributed by atoms with Crippen LogP contribution in [-0.2, 0) is 16.0 Å². The SMILES string of the molecule is CC(C)c1c(CN[C@@H]2CCCOC2)cnc2ccc(-c3nc(N[C@@H]4CCOC[C@H]4O)ncc3F)cc12. The second-order valence-electron chi connectivity index (χ2n) is 9.95. The fourth-order valence-corrected chi connectivity index (χ4v) is 5.08. The first-order valence-corrected chi connectivity index (χ1v) is 12.8. The number of hydrogen-bond acceptors (Lipinski definition) is 8. The van der Waals surface area contributed by atoms with Crippen LogP contribution < -0.4 is 10.6 Å². The van der Waals surface area contributed by atoms with Crippen molar-refractivity contribution in [2.24, 2.45) is 0 Å². The van der Waals surface area contributed by atoms with E-state index >= 15 is 0 Å². The molecule has 0 saturated carbocycles. The van der Waals surface area contributed by atoms with Gasteiger partial charge in [-0.2, -0.15) is 0 Å². The number of fused-ring (bicyclic) bond motifs is 1. The van der Waals surface area contributed by atoms with Crippen molar-refractivity contribution in [3.05, 3.63) is 47.5 Å². The number of hydrogen-bond donors (Lipinski definition) is 3. The molecule has 8 nitrogen and oxygen atoms in total. The first-order chi connectivity index (χ1) is 17.5. The summed E-state index contributed by atoms with van der Waals surface area (Å²) < 4.78 is 25.8. The van der Waals surface area contributed by atoms with Crippen LogP contribution in [0.5, 0.6) is 0 Å². The van der Waals surface area contributed by atoms with Crippen LogP contribution in [0.1, 0.15) is 50.2 Å². The van der Waals surface area contributed by atoms with Crippen LogP contribution in [0.15, 0.2) is 30.6 Å². The van der Waals surface area contributed by atoms with Crippen LogP contribution in [-0.4, -0.2) is 64.7 Å². The van der Waals surface area contributed by atoms with Crippen molar-refractivity contribution in [2.75, 3.05) is 31.7 Å². The number of aliphatic hydroxyl groups excluding tert-OH is 1. The number of nitrogens with one attached hydrogen (secondary N) is 2. The molecule has 0 unspecified atom stereocenters. The lowest BCUT2D eigenvalue weighted by molar-refractivity contribution is -0.0136. The van der Waals surface area contributed by atoms with Crippen LogP contribution >= 0.6 is 0 Å². The Morgan fingerprint density at radius 1 is 1.11 bits per heavy atom. The fourth-order valence-electron chi connectivity index (χ4n) is 5.08. The van der Waals surface area contributed by atoms with E-state index in [0.717, 1.165) is 42.5 Å². The summed E-state index contributed by atoms with van der Waals surface area (Å²) in [5.74, 6) is 0.0431. The highest BCUT2D eigenvalue weighted by atomic mass is 19.1. The van der Waals surface area contributed by atoms with Gasteiger partial charge in [-0.3, -0.25) is 4.98 Å². The van der Waals surface area contributed by atoms with Gasteiger partial charge in [0.1, 0.15) is 5.69 Å². The second kappa shape index (κ2) is 11.1. The minimum atomic E-state index is -0.664. The smallest absolute Gasteiger partial charge is 0.223 e. The molecule has 2 aliphatic heterocycles. The first kappa shape index (κ1) is 25.0. The molecule has 5 rings (SSSR count). The van der Waals surface area contributed by atoms with E-state index in [-0.39, 0.29) is 30.2 Å². The van der Waals surface area contributed by atoms with Gasteiger partial charge >= 0.3 is 0 Å². The van der Waals surface area contributed by atoms with Gasteiger partial charge in [0, 0.05) is 42.9 Å². The Kier molecular flexibility index (Phi) is 7.71. The lowest BCUT2D eigenvalue weighted by Crippen LogP contribution is -2.42. The molecule has 3 N–H and O–H groups in total. The molecular formula is C27H34FN5O3. The van der Waals surface area contributed by atoms with Crippen molar-refractivity contribution >= 4 is 16.9 Å². The molecule has 1 aromatic carbocycles. The molecule has 9 heteroatoms. The minimum absolute atomic E-state index is 0.216. The Labute approximate surface area is 210 Å². The number of anilines is 1. The average molecular weight is 496 g/mol. The van der Waals surface area contributed by atoms with E-state index in [4.69, 9.17) is 14.5 Å². The summed E-state index contributed by atoms with van der Waals surface area (Å²) in [5, 5.41) is 17.9. The third-order valence-corrected chi connectivity index (χ3v) is 6.97. The van der Waals surface area contributed by atoms with E-state index < -0.39 is 11.9 Å². The van der Waals surface area contributed by atoms with Gasteiger partial charge in [0.25, 0.3) is 0 Å². The van der Waals surface area contributed by atoms with Gasteiger partial charge in [-0.1, -0.05) is 19.9 Å². The van der Waals surface area contributed by atoms with E-state index in [2.05, 4.69) is 34.4 Å². The Balaban J connectivity index is 1.46. The van der Waals surface area contributed by atoms with Crippen molar-refractivity contribution in [3.63, 3.8) is 0 Å². The molecule has 2 fully saturated rings. The third-order valence-electron chi connectivity index (χ3n) is 6.97. The lowest BCUT2D eigenvalue weighted by atomic mass is 9.92. The average Bonchev–Trinajstić information content (AvgIpc) is 2.89. The first-order valence-electron chi connectivity index (χ1n) is 12.8. The molecule has 2 aromatic heterocycles. The number of aromatic nitrogens is 3. The van der Waals surface area contributed by atoms with Crippen LogP contribution in [0.3, 0.4) is 0 Å². The van der Waals surface area contributed by atoms with Gasteiger partial charge < -0.3 is 25.2 Å². The number of nitrogens with zero attached hydrogens (tertiary/aromatic N) is 3. The lowest BCUT2D eigenvalue weighted by Gasteiger charge is -2.28. The molecule has 0 aliphatic carbocycles. The summed E-state index contributed by atoms with van der Waals surface area (Å²) in [6.45, 7) is 7.41. The summed E-state index contributed by atoms with van der Waals surface area (Å²) in [4.78, 5) is 13.3. The Morgan fingerprint density at radius 3 is 2.75 bits per heavy atom. The van der Waals surface area contributed by atoms with Gasteiger partial charge in [-0.15, -0.1) is 0 Å². The topological polar surface area (TPSA) is 101 Å². The quantitative estimate of drug-likeness (QED) is 0.455. The van der Waals surface area contributed by atoms with Gasteiger partial charge in [0.2, 0.25) is 5.95 Å². The highest BCUT2D eigenvalue weighted by Crippen LogP contribution is 2.32.